The van der Waals surface area contributed by atoms with Gasteiger partial charge in [-0.1, -0.05) is 0 Å². The number of Topliss-reactive ketones (excluding diaryl/α,β-unsaturated/α-hetero) is 1. The Hall–Kier alpha value is -2.52. The van der Waals surface area contributed by atoms with E-state index in [0.29, 0.717) is 37.9 Å². The average Bonchev–Trinajstić information content (AvgIpc) is 3.16. The van der Waals surface area contributed by atoms with Gasteiger partial charge in [0.1, 0.15) is 11.9 Å². The van der Waals surface area contributed by atoms with E-state index in [4.69, 9.17) is 0 Å². The molecule has 1 amide bonds. The number of fused-ring (bicyclic) bond motifs is 1. The number of nitrogens with one attached hydrogen (secondary N) is 3. The van der Waals surface area contributed by atoms with Crippen LogP contribution in [0.1, 0.15) is 38.5 Å². The highest BCUT2D eigenvalue weighted by molar-refractivity contribution is 7.89. The summed E-state index contributed by atoms with van der Waals surface area (Å²) in [5.74, 6) is -0.246. The van der Waals surface area contributed by atoms with Crippen LogP contribution in [0.2, 0.25) is 0 Å². The Labute approximate surface area is 194 Å². The SMILES string of the molecule is CN(C)S(=O)(=O)c1ccc(NC2NN(C3(CC#N)CCC(=O)CC3)C3CCNC(=O)C23)cc1. The van der Waals surface area contributed by atoms with E-state index in [1.54, 1.807) is 12.1 Å². The van der Waals surface area contributed by atoms with Gasteiger partial charge in [-0.05, 0) is 43.5 Å². The van der Waals surface area contributed by atoms with Gasteiger partial charge in [0.2, 0.25) is 15.9 Å². The third-order valence-electron chi connectivity index (χ3n) is 7.04. The van der Waals surface area contributed by atoms with E-state index in [1.807, 2.05) is 0 Å². The summed E-state index contributed by atoms with van der Waals surface area (Å²) >= 11 is 0. The van der Waals surface area contributed by atoms with E-state index in [1.165, 1.54) is 26.2 Å². The maximum atomic E-state index is 12.9. The van der Waals surface area contributed by atoms with Crippen LogP contribution in [0.3, 0.4) is 0 Å². The number of hydrogen-bond donors (Lipinski definition) is 3. The molecule has 11 heteroatoms. The summed E-state index contributed by atoms with van der Waals surface area (Å²) in [6, 6.07) is 8.62. The van der Waals surface area contributed by atoms with Crippen LogP contribution in [0.4, 0.5) is 5.69 Å². The highest BCUT2D eigenvalue weighted by atomic mass is 32.2. The van der Waals surface area contributed by atoms with Crippen molar-refractivity contribution in [2.24, 2.45) is 5.92 Å². The minimum Gasteiger partial charge on any atom is -0.368 e. The fourth-order valence-electron chi connectivity index (χ4n) is 5.17. The quantitative estimate of drug-likeness (QED) is 0.551. The number of benzene rings is 1. The van der Waals surface area contributed by atoms with E-state index in [-0.39, 0.29) is 29.0 Å². The summed E-state index contributed by atoms with van der Waals surface area (Å²) in [5.41, 5.74) is 3.64. The van der Waals surface area contributed by atoms with Gasteiger partial charge in [0.05, 0.1) is 23.3 Å². The molecule has 3 unspecified atom stereocenters. The first-order valence-corrected chi connectivity index (χ1v) is 12.6. The third kappa shape index (κ3) is 4.36. The van der Waals surface area contributed by atoms with Gasteiger partial charge in [0.15, 0.2) is 0 Å². The second-order valence-corrected chi connectivity index (χ2v) is 11.4. The molecule has 0 radical (unpaired) electrons. The Morgan fingerprint density at radius 3 is 2.48 bits per heavy atom. The fraction of sp³-hybridized carbons (Fsp3) is 0.591. The summed E-state index contributed by atoms with van der Waals surface area (Å²) in [7, 11) is -0.567. The van der Waals surface area contributed by atoms with E-state index in [2.05, 4.69) is 27.1 Å². The first kappa shape index (κ1) is 23.6. The van der Waals surface area contributed by atoms with Gasteiger partial charge in [-0.25, -0.2) is 23.2 Å². The molecular formula is C22H30N6O4S. The van der Waals surface area contributed by atoms with Crippen LogP contribution in [-0.4, -0.2) is 67.8 Å². The standard InChI is InChI=1S/C22H30N6O4S/c1-27(2)33(31,32)17-5-3-15(4-6-17)25-20-19-18(9-14-24-21(19)30)28(26-20)22(12-13-23)10-7-16(29)8-11-22/h3-6,18-20,25-26H,7-12,14H2,1-2H3,(H,24,30). The third-order valence-corrected chi connectivity index (χ3v) is 8.87. The Morgan fingerprint density at radius 1 is 1.21 bits per heavy atom. The van der Waals surface area contributed by atoms with Crippen LogP contribution >= 0.6 is 0 Å². The van der Waals surface area contributed by atoms with Crippen molar-refractivity contribution in [2.75, 3.05) is 26.0 Å². The lowest BCUT2D eigenvalue weighted by Gasteiger charge is -2.46. The van der Waals surface area contributed by atoms with E-state index >= 15 is 0 Å². The highest BCUT2D eigenvalue weighted by Crippen LogP contribution is 2.41. The topological polar surface area (TPSA) is 135 Å². The molecule has 1 saturated carbocycles. The van der Waals surface area contributed by atoms with Crippen LogP contribution in [0.25, 0.3) is 0 Å². The molecule has 1 aromatic carbocycles. The molecule has 0 bridgehead atoms. The Kier molecular flexibility index (Phi) is 6.46. The van der Waals surface area contributed by atoms with Crippen molar-refractivity contribution in [1.82, 2.24) is 20.1 Å². The number of carbonyl (C=O) groups excluding carboxylic acids is 2. The van der Waals surface area contributed by atoms with Gasteiger partial charge in [-0.2, -0.15) is 5.26 Å². The van der Waals surface area contributed by atoms with Crippen LogP contribution in [-0.2, 0) is 19.6 Å². The van der Waals surface area contributed by atoms with E-state index < -0.39 is 27.6 Å². The van der Waals surface area contributed by atoms with Crippen molar-refractivity contribution in [3.8, 4) is 6.07 Å². The molecule has 2 aliphatic heterocycles. The molecule has 4 rings (SSSR count). The molecule has 10 nitrogen and oxygen atoms in total. The monoisotopic (exact) mass is 474 g/mol. The van der Waals surface area contributed by atoms with Gasteiger partial charge >= 0.3 is 0 Å². The molecule has 1 aromatic rings. The van der Waals surface area contributed by atoms with Crippen molar-refractivity contribution >= 4 is 27.4 Å². The predicted molar refractivity (Wildman–Crippen MR) is 121 cm³/mol. The number of sulfonamides is 1. The number of rotatable bonds is 6. The summed E-state index contributed by atoms with van der Waals surface area (Å²) in [6.07, 6.45) is 2.62. The van der Waals surface area contributed by atoms with Crippen LogP contribution in [0.5, 0.6) is 0 Å². The van der Waals surface area contributed by atoms with Crippen molar-refractivity contribution in [3.63, 3.8) is 0 Å². The number of nitrogens with zero attached hydrogens (tertiary/aromatic N) is 3. The number of amides is 1. The molecule has 3 atom stereocenters. The second kappa shape index (κ2) is 9.02. The molecule has 2 heterocycles. The Bertz CT molecular complexity index is 1060. The lowest BCUT2D eigenvalue weighted by Crippen LogP contribution is -2.59. The summed E-state index contributed by atoms with van der Waals surface area (Å²) < 4.78 is 25.8. The summed E-state index contributed by atoms with van der Waals surface area (Å²) in [6.45, 7) is 0.559. The second-order valence-electron chi connectivity index (χ2n) is 9.20. The van der Waals surface area contributed by atoms with E-state index in [9.17, 15) is 23.3 Å². The lowest BCUT2D eigenvalue weighted by molar-refractivity contribution is -0.130. The van der Waals surface area contributed by atoms with Gasteiger partial charge < -0.3 is 10.6 Å². The van der Waals surface area contributed by atoms with Gasteiger partial charge in [-0.3, -0.25) is 9.59 Å². The zero-order chi connectivity index (χ0) is 23.8. The van der Waals surface area contributed by atoms with Crippen molar-refractivity contribution < 1.29 is 18.0 Å². The first-order chi connectivity index (χ1) is 15.7. The number of hydrazine groups is 1. The van der Waals surface area contributed by atoms with Crippen molar-refractivity contribution in [1.29, 1.82) is 5.26 Å². The normalized spacial score (nSPS) is 27.6. The van der Waals surface area contributed by atoms with Crippen LogP contribution in [0, 0.1) is 17.2 Å². The largest absolute Gasteiger partial charge is 0.368 e. The molecular weight excluding hydrogens is 444 g/mol. The van der Waals surface area contributed by atoms with Gasteiger partial charge in [-0.15, -0.1) is 0 Å². The highest BCUT2D eigenvalue weighted by Gasteiger charge is 2.54. The summed E-state index contributed by atoms with van der Waals surface area (Å²) in [5, 5.41) is 17.9. The molecule has 33 heavy (non-hydrogen) atoms. The summed E-state index contributed by atoms with van der Waals surface area (Å²) in [4.78, 5) is 25.0. The molecule has 2 saturated heterocycles. The Morgan fingerprint density at radius 2 is 1.88 bits per heavy atom. The first-order valence-electron chi connectivity index (χ1n) is 11.2. The molecule has 3 fully saturated rings. The van der Waals surface area contributed by atoms with Gasteiger partial charge in [0.25, 0.3) is 0 Å². The molecule has 3 N–H and O–H groups in total. The average molecular weight is 475 g/mol. The lowest BCUT2D eigenvalue weighted by atomic mass is 9.77. The Balaban J connectivity index is 1.59. The van der Waals surface area contributed by atoms with Crippen molar-refractivity contribution in [2.45, 2.75) is 61.2 Å². The van der Waals surface area contributed by atoms with Crippen LogP contribution < -0.4 is 16.1 Å². The van der Waals surface area contributed by atoms with Crippen molar-refractivity contribution in [3.05, 3.63) is 24.3 Å². The molecule has 0 aromatic heterocycles. The number of nitriles is 1. The number of anilines is 1. The zero-order valence-electron chi connectivity index (χ0n) is 18.9. The number of carbonyl (C=O) groups is 2. The minimum absolute atomic E-state index is 0.0652. The number of piperidine rings is 1. The number of hydrogen-bond acceptors (Lipinski definition) is 8. The maximum absolute atomic E-state index is 12.9. The molecule has 1 aliphatic carbocycles. The van der Waals surface area contributed by atoms with Gasteiger partial charge in [0, 0.05) is 50.7 Å². The number of ketones is 1. The predicted octanol–water partition coefficient (Wildman–Crippen LogP) is 0.795. The molecule has 3 aliphatic rings. The smallest absolute Gasteiger partial charge is 0.242 e. The van der Waals surface area contributed by atoms with Crippen LogP contribution in [0.15, 0.2) is 29.2 Å². The molecule has 0 spiro atoms. The minimum atomic E-state index is -3.53. The maximum Gasteiger partial charge on any atom is 0.242 e. The fourth-order valence-corrected chi connectivity index (χ4v) is 6.07. The zero-order valence-corrected chi connectivity index (χ0v) is 19.7. The molecule has 178 valence electrons. The van der Waals surface area contributed by atoms with E-state index in [0.717, 1.165) is 10.7 Å².